The van der Waals surface area contributed by atoms with Crippen molar-refractivity contribution in [3.8, 4) is 6.07 Å². The van der Waals surface area contributed by atoms with Gasteiger partial charge in [0, 0.05) is 49.6 Å². The van der Waals surface area contributed by atoms with Gasteiger partial charge >= 0.3 is 0 Å². The van der Waals surface area contributed by atoms with Crippen LogP contribution >= 0.6 is 11.3 Å². The fourth-order valence-corrected chi connectivity index (χ4v) is 5.37. The molecule has 2 aromatic heterocycles. The van der Waals surface area contributed by atoms with Gasteiger partial charge in [0.2, 0.25) is 11.8 Å². The van der Waals surface area contributed by atoms with Crippen LogP contribution in [0.1, 0.15) is 40.4 Å². The largest absolute Gasteiger partial charge is 0.376 e. The number of ether oxygens (including phenoxy) is 1. The first-order chi connectivity index (χ1) is 16.4. The fraction of sp³-hybridized carbons (Fsp3) is 0.583. The summed E-state index contributed by atoms with van der Waals surface area (Å²) >= 11 is 1.51. The molecule has 0 aliphatic carbocycles. The molecule has 1 atom stereocenters. The second-order valence-electron chi connectivity index (χ2n) is 9.06. The summed E-state index contributed by atoms with van der Waals surface area (Å²) in [6.07, 6.45) is 2.45. The van der Waals surface area contributed by atoms with Crippen LogP contribution in [0.2, 0.25) is 0 Å². The van der Waals surface area contributed by atoms with Crippen molar-refractivity contribution < 1.29 is 14.3 Å². The van der Waals surface area contributed by atoms with Gasteiger partial charge in [0.15, 0.2) is 0 Å². The fourth-order valence-electron chi connectivity index (χ4n) is 4.61. The molecule has 0 aromatic carbocycles. The lowest BCUT2D eigenvalue weighted by atomic mass is 10.2. The Kier molecular flexibility index (Phi) is 7.66. The highest BCUT2D eigenvalue weighted by Gasteiger charge is 2.26. The number of nitrogens with zero attached hydrogens (tertiary/aromatic N) is 5. The topological polar surface area (TPSA) is 103 Å². The lowest BCUT2D eigenvalue weighted by molar-refractivity contribution is -0.132. The highest BCUT2D eigenvalue weighted by atomic mass is 32.1. The molecule has 182 valence electrons. The maximum absolute atomic E-state index is 12.9. The summed E-state index contributed by atoms with van der Waals surface area (Å²) in [5, 5.41) is 15.5. The molecule has 2 aliphatic heterocycles. The summed E-state index contributed by atoms with van der Waals surface area (Å²) in [4.78, 5) is 33.8. The summed E-state index contributed by atoms with van der Waals surface area (Å²) in [6, 6.07) is 2.26. The summed E-state index contributed by atoms with van der Waals surface area (Å²) in [7, 11) is 0. The number of nitrogens with one attached hydrogen (secondary N) is 1. The van der Waals surface area contributed by atoms with Crippen molar-refractivity contribution in [1.29, 1.82) is 5.26 Å². The van der Waals surface area contributed by atoms with Gasteiger partial charge in [-0.25, -0.2) is 4.98 Å². The summed E-state index contributed by atoms with van der Waals surface area (Å²) < 4.78 is 7.80. The van der Waals surface area contributed by atoms with Crippen molar-refractivity contribution >= 4 is 29.0 Å². The summed E-state index contributed by atoms with van der Waals surface area (Å²) in [6.45, 7) is 9.88. The van der Waals surface area contributed by atoms with Gasteiger partial charge in [-0.2, -0.15) is 5.26 Å². The number of thiazole rings is 1. The van der Waals surface area contributed by atoms with Crippen LogP contribution < -0.4 is 5.32 Å². The molecule has 2 saturated heterocycles. The normalized spacial score (nSPS) is 18.8. The minimum absolute atomic E-state index is 0.0787. The first kappa shape index (κ1) is 24.4. The van der Waals surface area contributed by atoms with Crippen molar-refractivity contribution in [3.63, 3.8) is 0 Å². The van der Waals surface area contributed by atoms with E-state index in [1.54, 1.807) is 0 Å². The van der Waals surface area contributed by atoms with Crippen molar-refractivity contribution in [1.82, 2.24) is 19.4 Å². The molecule has 0 spiro atoms. The molecule has 1 unspecified atom stereocenters. The minimum atomic E-state index is -0.152. The summed E-state index contributed by atoms with van der Waals surface area (Å²) in [5.74, 6) is 0.487. The van der Waals surface area contributed by atoms with Gasteiger partial charge in [-0.15, -0.1) is 11.3 Å². The van der Waals surface area contributed by atoms with E-state index in [-0.39, 0.29) is 24.5 Å². The van der Waals surface area contributed by atoms with Crippen molar-refractivity contribution in [2.75, 3.05) is 44.6 Å². The van der Waals surface area contributed by atoms with E-state index < -0.39 is 0 Å². The van der Waals surface area contributed by atoms with E-state index in [2.05, 4.69) is 16.4 Å². The molecule has 4 rings (SSSR count). The van der Waals surface area contributed by atoms with E-state index in [1.807, 2.05) is 40.5 Å². The Morgan fingerprint density at radius 3 is 2.65 bits per heavy atom. The van der Waals surface area contributed by atoms with E-state index in [4.69, 9.17) is 4.74 Å². The number of carbonyl (C=O) groups is 2. The van der Waals surface area contributed by atoms with Gasteiger partial charge in [-0.3, -0.25) is 14.5 Å². The summed E-state index contributed by atoms with van der Waals surface area (Å²) in [5.41, 5.74) is 3.32. The number of carbonyl (C=O) groups excluding carboxylic acids is 2. The number of nitriles is 1. The molecule has 9 nitrogen and oxygen atoms in total. The lowest BCUT2D eigenvalue weighted by Crippen LogP contribution is -2.50. The van der Waals surface area contributed by atoms with Crippen LogP contribution in [-0.2, 0) is 27.3 Å². The van der Waals surface area contributed by atoms with E-state index in [9.17, 15) is 14.9 Å². The van der Waals surface area contributed by atoms with E-state index >= 15 is 0 Å². The number of aromatic nitrogens is 2. The zero-order valence-corrected chi connectivity index (χ0v) is 20.9. The maximum atomic E-state index is 12.9. The smallest absolute Gasteiger partial charge is 0.239 e. The quantitative estimate of drug-likeness (QED) is 0.647. The first-order valence-corrected chi connectivity index (χ1v) is 12.7. The molecule has 4 heterocycles. The number of hydrogen-bond acceptors (Lipinski definition) is 7. The molecule has 0 radical (unpaired) electrons. The molecule has 2 aromatic rings. The SMILES string of the molecule is Cc1csc(CC(=O)N2CCN(CC(=O)Nc3c(C#N)c(C)c(C)n3CC3CCCO3)CC2)n1. The molecular weight excluding hydrogens is 452 g/mol. The zero-order valence-electron chi connectivity index (χ0n) is 20.1. The highest BCUT2D eigenvalue weighted by molar-refractivity contribution is 7.09. The second-order valence-corrected chi connectivity index (χ2v) is 10.00. The highest BCUT2D eigenvalue weighted by Crippen LogP contribution is 2.28. The number of anilines is 1. The van der Waals surface area contributed by atoms with Crippen LogP contribution in [0.5, 0.6) is 0 Å². The van der Waals surface area contributed by atoms with Crippen LogP contribution in [0.25, 0.3) is 0 Å². The van der Waals surface area contributed by atoms with Gasteiger partial charge < -0.3 is 19.5 Å². The molecule has 10 heteroatoms. The maximum Gasteiger partial charge on any atom is 0.239 e. The monoisotopic (exact) mass is 484 g/mol. The van der Waals surface area contributed by atoms with Gasteiger partial charge in [-0.05, 0) is 39.2 Å². The number of piperazine rings is 1. The van der Waals surface area contributed by atoms with Crippen LogP contribution in [0.4, 0.5) is 5.82 Å². The van der Waals surface area contributed by atoms with Crippen molar-refractivity contribution in [2.45, 2.75) is 52.7 Å². The Labute approximate surface area is 204 Å². The van der Waals surface area contributed by atoms with Crippen LogP contribution in [0.3, 0.4) is 0 Å². The predicted molar refractivity (Wildman–Crippen MR) is 130 cm³/mol. The average Bonchev–Trinajstić information content (AvgIpc) is 3.52. The van der Waals surface area contributed by atoms with Crippen LogP contribution in [0.15, 0.2) is 5.38 Å². The predicted octanol–water partition coefficient (Wildman–Crippen LogP) is 2.25. The third-order valence-corrected chi connectivity index (χ3v) is 7.64. The second kappa shape index (κ2) is 10.7. The van der Waals surface area contributed by atoms with Gasteiger partial charge in [-0.1, -0.05) is 0 Å². The molecule has 2 aliphatic rings. The van der Waals surface area contributed by atoms with E-state index in [0.717, 1.165) is 41.4 Å². The van der Waals surface area contributed by atoms with E-state index in [0.29, 0.717) is 50.5 Å². The minimum Gasteiger partial charge on any atom is -0.376 e. The van der Waals surface area contributed by atoms with Gasteiger partial charge in [0.05, 0.1) is 31.2 Å². The Balaban J connectivity index is 1.33. The Bertz CT molecular complexity index is 1090. The van der Waals surface area contributed by atoms with Crippen molar-refractivity contribution in [2.24, 2.45) is 0 Å². The number of hydrogen-bond donors (Lipinski definition) is 1. The standard InChI is InChI=1S/C24H32N6O3S/c1-16-15-34-22(26-16)11-23(32)29-8-6-28(7-9-29)14-21(31)27-24-20(12-25)17(2)18(3)30(24)13-19-5-4-10-33-19/h15,19H,4-11,13-14H2,1-3H3,(H,27,31). The molecular formula is C24H32N6O3S. The molecule has 0 saturated carbocycles. The Morgan fingerprint density at radius 2 is 2.03 bits per heavy atom. The average molecular weight is 485 g/mol. The lowest BCUT2D eigenvalue weighted by Gasteiger charge is -2.34. The molecule has 2 fully saturated rings. The Morgan fingerprint density at radius 1 is 1.26 bits per heavy atom. The third-order valence-electron chi connectivity index (χ3n) is 6.67. The van der Waals surface area contributed by atoms with E-state index in [1.165, 1.54) is 11.3 Å². The molecule has 34 heavy (non-hydrogen) atoms. The van der Waals surface area contributed by atoms with Gasteiger partial charge in [0.1, 0.15) is 16.9 Å². The third kappa shape index (κ3) is 5.49. The first-order valence-electron chi connectivity index (χ1n) is 11.8. The number of amides is 2. The number of aryl methyl sites for hydroxylation is 1. The molecule has 1 N–H and O–H groups in total. The number of rotatable bonds is 7. The molecule has 0 bridgehead atoms. The van der Waals surface area contributed by atoms with Crippen molar-refractivity contribution in [3.05, 3.63) is 32.9 Å². The zero-order chi connectivity index (χ0) is 24.2. The molecule has 2 amide bonds. The Hall–Kier alpha value is -2.74. The van der Waals surface area contributed by atoms with Crippen LogP contribution in [-0.4, -0.2) is 76.6 Å². The van der Waals surface area contributed by atoms with Gasteiger partial charge in [0.25, 0.3) is 0 Å². The van der Waals surface area contributed by atoms with Crippen LogP contribution in [0, 0.1) is 32.1 Å².